The maximum atomic E-state index is 12.4. The van der Waals surface area contributed by atoms with Crippen molar-refractivity contribution in [1.29, 1.82) is 0 Å². The number of hydrogen-bond donors (Lipinski definition) is 2. The van der Waals surface area contributed by atoms with Gasteiger partial charge in [-0.25, -0.2) is 5.43 Å². The van der Waals surface area contributed by atoms with Gasteiger partial charge in [-0.2, -0.15) is 5.10 Å². The summed E-state index contributed by atoms with van der Waals surface area (Å²) in [6.07, 6.45) is 0.190. The summed E-state index contributed by atoms with van der Waals surface area (Å²) < 4.78 is 11.5. The van der Waals surface area contributed by atoms with Gasteiger partial charge in [0, 0.05) is 17.7 Å². The quantitative estimate of drug-likeness (QED) is 0.393. The largest absolute Gasteiger partial charge is 0.506 e. The zero-order valence-corrected chi connectivity index (χ0v) is 18.1. The highest BCUT2D eigenvalue weighted by atomic mass is 79.9. The van der Waals surface area contributed by atoms with Gasteiger partial charge >= 0.3 is 0 Å². The molecule has 1 heterocycles. The monoisotopic (exact) mass is 477 g/mol. The Morgan fingerprint density at radius 3 is 2.73 bits per heavy atom. The second-order valence-corrected chi connectivity index (χ2v) is 8.54. The molecule has 0 aromatic heterocycles. The van der Waals surface area contributed by atoms with E-state index in [1.165, 1.54) is 6.07 Å². The van der Waals surface area contributed by atoms with E-state index < -0.39 is 16.9 Å². The molecule has 0 spiro atoms. The molecule has 1 amide bonds. The van der Waals surface area contributed by atoms with Crippen LogP contribution in [0, 0.1) is 10.1 Å². The van der Waals surface area contributed by atoms with Crippen LogP contribution in [0.15, 0.2) is 39.9 Å². The number of benzene rings is 2. The minimum Gasteiger partial charge on any atom is -0.506 e. The molecule has 0 saturated carbocycles. The number of nitro benzene ring substituents is 1. The zero-order valence-electron chi connectivity index (χ0n) is 16.5. The van der Waals surface area contributed by atoms with E-state index in [9.17, 15) is 20.0 Å². The van der Waals surface area contributed by atoms with Crippen LogP contribution in [0.2, 0.25) is 0 Å². The molecule has 30 heavy (non-hydrogen) atoms. The van der Waals surface area contributed by atoms with Gasteiger partial charge in [-0.05, 0) is 39.0 Å². The number of ether oxygens (including phenoxy) is 2. The standard InChI is InChI=1S/C20H20BrN3O6/c1-20(2,3)12-4-5-15-16(7-12)30-17(10-29-15)19(26)23-22-9-11-6-13(24(27)28)8-14(21)18(11)25/h4-9,17,25H,10H2,1-3H3,(H,23,26)/b22-9-. The van der Waals surface area contributed by atoms with Crippen molar-refractivity contribution in [2.45, 2.75) is 32.3 Å². The topological polar surface area (TPSA) is 123 Å². The van der Waals surface area contributed by atoms with Crippen molar-refractivity contribution in [1.82, 2.24) is 5.43 Å². The lowest BCUT2D eigenvalue weighted by Gasteiger charge is -2.27. The normalized spacial score (nSPS) is 15.8. The van der Waals surface area contributed by atoms with Crippen LogP contribution in [0.3, 0.4) is 0 Å². The molecular weight excluding hydrogens is 458 g/mol. The van der Waals surface area contributed by atoms with Crippen molar-refractivity contribution in [2.75, 3.05) is 6.61 Å². The third-order valence-corrected chi connectivity index (χ3v) is 5.03. The Balaban J connectivity index is 1.70. The summed E-state index contributed by atoms with van der Waals surface area (Å²) in [7, 11) is 0. The van der Waals surface area contributed by atoms with E-state index >= 15 is 0 Å². The smallest absolute Gasteiger partial charge is 0.284 e. The van der Waals surface area contributed by atoms with Gasteiger partial charge in [-0.1, -0.05) is 26.8 Å². The molecule has 0 fully saturated rings. The first-order valence-electron chi connectivity index (χ1n) is 9.00. The van der Waals surface area contributed by atoms with Crippen LogP contribution in [-0.4, -0.2) is 34.9 Å². The van der Waals surface area contributed by atoms with Crippen molar-refractivity contribution < 1.29 is 24.3 Å². The first-order chi connectivity index (χ1) is 14.1. The van der Waals surface area contributed by atoms with Crippen LogP contribution < -0.4 is 14.9 Å². The zero-order chi connectivity index (χ0) is 22.1. The molecular formula is C20H20BrN3O6. The molecule has 1 unspecified atom stereocenters. The van der Waals surface area contributed by atoms with E-state index in [4.69, 9.17) is 9.47 Å². The molecule has 0 bridgehead atoms. The molecule has 1 aliphatic rings. The number of halogens is 1. The number of nitrogens with one attached hydrogen (secondary N) is 1. The van der Waals surface area contributed by atoms with E-state index in [1.807, 2.05) is 18.2 Å². The van der Waals surface area contributed by atoms with Crippen LogP contribution in [0.4, 0.5) is 5.69 Å². The highest BCUT2D eigenvalue weighted by Crippen LogP contribution is 2.36. The van der Waals surface area contributed by atoms with Gasteiger partial charge in [0.05, 0.1) is 15.6 Å². The van der Waals surface area contributed by atoms with E-state index in [0.717, 1.165) is 17.8 Å². The Morgan fingerprint density at radius 2 is 2.07 bits per heavy atom. The number of phenolic OH excluding ortho intramolecular Hbond substituents is 1. The first-order valence-corrected chi connectivity index (χ1v) is 9.79. The third-order valence-electron chi connectivity index (χ3n) is 4.43. The van der Waals surface area contributed by atoms with Crippen molar-refractivity contribution in [2.24, 2.45) is 5.10 Å². The van der Waals surface area contributed by atoms with Crippen molar-refractivity contribution in [3.8, 4) is 17.2 Å². The van der Waals surface area contributed by atoms with E-state index in [1.54, 1.807) is 0 Å². The summed E-state index contributed by atoms with van der Waals surface area (Å²) in [6, 6.07) is 7.92. The number of nitrogens with zero attached hydrogens (tertiary/aromatic N) is 2. The molecule has 10 heteroatoms. The highest BCUT2D eigenvalue weighted by Gasteiger charge is 2.28. The number of carbonyl (C=O) groups is 1. The molecule has 1 atom stereocenters. The highest BCUT2D eigenvalue weighted by molar-refractivity contribution is 9.10. The number of fused-ring (bicyclic) bond motifs is 1. The molecule has 2 aromatic carbocycles. The van der Waals surface area contributed by atoms with E-state index in [0.29, 0.717) is 11.5 Å². The van der Waals surface area contributed by atoms with Crippen molar-refractivity contribution >= 4 is 33.7 Å². The summed E-state index contributed by atoms with van der Waals surface area (Å²) in [5.74, 6) is 0.238. The summed E-state index contributed by atoms with van der Waals surface area (Å²) in [6.45, 7) is 6.22. The number of phenols is 1. The van der Waals surface area contributed by atoms with E-state index in [-0.39, 0.29) is 33.5 Å². The summed E-state index contributed by atoms with van der Waals surface area (Å²) in [5, 5.41) is 24.7. The fourth-order valence-corrected chi connectivity index (χ4v) is 3.18. The predicted octanol–water partition coefficient (Wildman–Crippen LogP) is 3.65. The second-order valence-electron chi connectivity index (χ2n) is 7.69. The summed E-state index contributed by atoms with van der Waals surface area (Å²) in [4.78, 5) is 22.7. The Labute approximate surface area is 181 Å². The van der Waals surface area contributed by atoms with Gasteiger partial charge in [-0.3, -0.25) is 14.9 Å². The predicted molar refractivity (Wildman–Crippen MR) is 113 cm³/mol. The maximum Gasteiger partial charge on any atom is 0.284 e. The molecule has 2 aromatic rings. The van der Waals surface area contributed by atoms with Gasteiger partial charge in [0.1, 0.15) is 12.4 Å². The fourth-order valence-electron chi connectivity index (χ4n) is 2.71. The molecule has 0 aliphatic carbocycles. The third kappa shape index (κ3) is 4.70. The molecule has 0 radical (unpaired) electrons. The molecule has 2 N–H and O–H groups in total. The molecule has 0 saturated heterocycles. The molecule has 9 nitrogen and oxygen atoms in total. The van der Waals surface area contributed by atoms with Crippen LogP contribution in [0.1, 0.15) is 31.9 Å². The molecule has 1 aliphatic heterocycles. The van der Waals surface area contributed by atoms with Gasteiger partial charge < -0.3 is 14.6 Å². The minimum absolute atomic E-state index is 0.0107. The number of nitro groups is 1. The number of carbonyl (C=O) groups excluding carboxylic acids is 1. The van der Waals surface area contributed by atoms with Crippen LogP contribution in [0.5, 0.6) is 17.2 Å². The van der Waals surface area contributed by atoms with Crippen LogP contribution in [0.25, 0.3) is 0 Å². The lowest BCUT2D eigenvalue weighted by molar-refractivity contribution is -0.385. The average molecular weight is 478 g/mol. The van der Waals surface area contributed by atoms with Gasteiger partial charge in [0.15, 0.2) is 11.5 Å². The van der Waals surface area contributed by atoms with Crippen molar-refractivity contribution in [3.05, 3.63) is 56.0 Å². The Bertz CT molecular complexity index is 1030. The van der Waals surface area contributed by atoms with Gasteiger partial charge in [0.2, 0.25) is 6.10 Å². The first kappa shape index (κ1) is 21.6. The number of rotatable bonds is 4. The van der Waals surface area contributed by atoms with E-state index in [2.05, 4.69) is 47.2 Å². The number of amides is 1. The number of non-ortho nitro benzene ring substituents is 1. The summed E-state index contributed by atoms with van der Waals surface area (Å²) >= 11 is 3.04. The minimum atomic E-state index is -0.921. The van der Waals surface area contributed by atoms with Crippen molar-refractivity contribution in [3.63, 3.8) is 0 Å². The second kappa shape index (κ2) is 8.31. The Kier molecular flexibility index (Phi) is 5.97. The van der Waals surface area contributed by atoms with Crippen LogP contribution in [-0.2, 0) is 10.2 Å². The van der Waals surface area contributed by atoms with Gasteiger partial charge in [-0.15, -0.1) is 0 Å². The Morgan fingerprint density at radius 1 is 1.33 bits per heavy atom. The Hall–Kier alpha value is -3.14. The number of aromatic hydroxyl groups is 1. The fraction of sp³-hybridized carbons (Fsp3) is 0.300. The summed E-state index contributed by atoms with van der Waals surface area (Å²) in [5.41, 5.74) is 3.08. The molecule has 158 valence electrons. The maximum absolute atomic E-state index is 12.4. The average Bonchev–Trinajstić information content (AvgIpc) is 2.69. The van der Waals surface area contributed by atoms with Gasteiger partial charge in [0.25, 0.3) is 11.6 Å². The SMILES string of the molecule is CC(C)(C)c1ccc2c(c1)OC(C(=O)N/N=C\c1cc([N+](=O)[O-])cc(Br)c1O)CO2. The lowest BCUT2D eigenvalue weighted by Crippen LogP contribution is -2.42. The molecule has 3 rings (SSSR count). The number of hydrogen-bond acceptors (Lipinski definition) is 7. The number of hydrazone groups is 1. The lowest BCUT2D eigenvalue weighted by atomic mass is 9.87. The van der Waals surface area contributed by atoms with Crippen LogP contribution >= 0.6 is 15.9 Å².